The highest BCUT2D eigenvalue weighted by atomic mass is 35.5. The fraction of sp³-hybridized carbons (Fsp3) is 0.214. The normalized spacial score (nSPS) is 11.6. The van der Waals surface area contributed by atoms with Gasteiger partial charge in [0.25, 0.3) is 0 Å². The largest absolute Gasteiger partial charge is 0.495 e. The van der Waals surface area contributed by atoms with Crippen LogP contribution in [0.1, 0.15) is 5.69 Å². The van der Waals surface area contributed by atoms with Gasteiger partial charge in [-0.25, -0.2) is 4.99 Å². The van der Waals surface area contributed by atoms with Gasteiger partial charge in [0, 0.05) is 18.4 Å². The van der Waals surface area contributed by atoms with E-state index in [0.717, 1.165) is 11.4 Å². The van der Waals surface area contributed by atoms with E-state index in [9.17, 15) is 0 Å². The number of aromatic nitrogens is 1. The summed E-state index contributed by atoms with van der Waals surface area (Å²) in [6.45, 7) is 0.353. The summed E-state index contributed by atoms with van der Waals surface area (Å²) >= 11 is 18.0. The fourth-order valence-corrected chi connectivity index (χ4v) is 2.51. The second kappa shape index (κ2) is 7.13. The van der Waals surface area contributed by atoms with E-state index in [1.54, 1.807) is 35.9 Å². The van der Waals surface area contributed by atoms with Gasteiger partial charge in [0.15, 0.2) is 5.96 Å². The summed E-state index contributed by atoms with van der Waals surface area (Å²) < 4.78 is 6.84. The number of aliphatic imine (C=N–C) groups is 1. The summed E-state index contributed by atoms with van der Waals surface area (Å²) in [5.41, 5.74) is 7.43. The average Bonchev–Trinajstić information content (AvgIpc) is 2.72. The molecule has 118 valence electrons. The van der Waals surface area contributed by atoms with Gasteiger partial charge in [0.1, 0.15) is 10.9 Å². The van der Waals surface area contributed by atoms with Gasteiger partial charge in [-0.15, -0.1) is 0 Å². The van der Waals surface area contributed by atoms with Crippen LogP contribution < -0.4 is 15.8 Å². The van der Waals surface area contributed by atoms with E-state index in [2.05, 4.69) is 10.3 Å². The zero-order valence-corrected chi connectivity index (χ0v) is 14.3. The average molecular weight is 362 g/mol. The molecular formula is C14H15Cl3N4O. The van der Waals surface area contributed by atoms with Crippen LogP contribution in [0.3, 0.4) is 0 Å². The van der Waals surface area contributed by atoms with Gasteiger partial charge in [-0.2, -0.15) is 0 Å². The number of nitrogens with one attached hydrogen (secondary N) is 1. The summed E-state index contributed by atoms with van der Waals surface area (Å²) in [7, 11) is 3.37. The van der Waals surface area contributed by atoms with E-state index in [4.69, 9.17) is 45.3 Å². The smallest absolute Gasteiger partial charge is 0.193 e. The first-order valence-corrected chi connectivity index (χ1v) is 7.46. The van der Waals surface area contributed by atoms with Crippen LogP contribution in [-0.2, 0) is 13.6 Å². The summed E-state index contributed by atoms with van der Waals surface area (Å²) in [5, 5.41) is 4.41. The topological polar surface area (TPSA) is 64.6 Å². The number of guanidine groups is 1. The highest BCUT2D eigenvalue weighted by molar-refractivity contribution is 6.41. The number of ether oxygens (including phenoxy) is 1. The third-order valence-electron chi connectivity index (χ3n) is 3.05. The molecule has 0 aliphatic heterocycles. The number of nitrogens with two attached hydrogens (primary N) is 1. The van der Waals surface area contributed by atoms with E-state index < -0.39 is 0 Å². The number of hydrogen-bond acceptors (Lipinski definition) is 2. The van der Waals surface area contributed by atoms with Crippen molar-refractivity contribution in [3.63, 3.8) is 0 Å². The van der Waals surface area contributed by atoms with Crippen molar-refractivity contribution in [1.29, 1.82) is 0 Å². The first-order chi connectivity index (χ1) is 10.4. The molecule has 0 fully saturated rings. The highest BCUT2D eigenvalue weighted by Gasteiger charge is 2.08. The van der Waals surface area contributed by atoms with Gasteiger partial charge in [0.05, 0.1) is 23.7 Å². The Balaban J connectivity index is 2.06. The summed E-state index contributed by atoms with van der Waals surface area (Å²) in [4.78, 5) is 4.25. The van der Waals surface area contributed by atoms with Crippen molar-refractivity contribution in [2.24, 2.45) is 17.8 Å². The second-order valence-electron chi connectivity index (χ2n) is 4.51. The molecule has 0 radical (unpaired) electrons. The number of hydrogen-bond donors (Lipinski definition) is 2. The van der Waals surface area contributed by atoms with Crippen LogP contribution in [0.4, 0.5) is 5.69 Å². The number of halogens is 3. The molecule has 0 aliphatic rings. The lowest BCUT2D eigenvalue weighted by Gasteiger charge is -2.08. The first-order valence-electron chi connectivity index (χ1n) is 6.32. The van der Waals surface area contributed by atoms with Gasteiger partial charge in [-0.1, -0.05) is 34.8 Å². The molecule has 0 unspecified atom stereocenters. The van der Waals surface area contributed by atoms with Crippen molar-refractivity contribution >= 4 is 46.4 Å². The van der Waals surface area contributed by atoms with Crippen molar-refractivity contribution < 1.29 is 4.74 Å². The maximum Gasteiger partial charge on any atom is 0.193 e. The molecule has 0 spiro atoms. The molecule has 1 heterocycles. The minimum Gasteiger partial charge on any atom is -0.495 e. The number of methoxy groups -OCH3 is 1. The molecule has 2 rings (SSSR count). The molecule has 1 aromatic heterocycles. The minimum atomic E-state index is 0.259. The van der Waals surface area contributed by atoms with Gasteiger partial charge < -0.3 is 20.4 Å². The van der Waals surface area contributed by atoms with Crippen LogP contribution in [0.2, 0.25) is 15.2 Å². The van der Waals surface area contributed by atoms with Crippen LogP contribution in [0.5, 0.6) is 5.75 Å². The molecule has 0 atom stereocenters. The Hall–Kier alpha value is -1.56. The molecule has 0 saturated heterocycles. The van der Waals surface area contributed by atoms with E-state index in [-0.39, 0.29) is 5.96 Å². The van der Waals surface area contributed by atoms with Crippen LogP contribution in [-0.4, -0.2) is 17.6 Å². The first kappa shape index (κ1) is 16.8. The van der Waals surface area contributed by atoms with Crippen LogP contribution in [0.25, 0.3) is 0 Å². The van der Waals surface area contributed by atoms with Gasteiger partial charge in [0.2, 0.25) is 0 Å². The molecule has 1 aromatic carbocycles. The van der Waals surface area contributed by atoms with Crippen molar-refractivity contribution in [2.45, 2.75) is 6.54 Å². The SMILES string of the molecule is COc1ccc(NC(N)=NCc2cc(Cl)c(Cl)n2C)cc1Cl. The van der Waals surface area contributed by atoms with Crippen molar-refractivity contribution in [3.8, 4) is 5.75 Å². The Morgan fingerprint density at radius 2 is 2.00 bits per heavy atom. The van der Waals surface area contributed by atoms with Gasteiger partial charge >= 0.3 is 0 Å². The highest BCUT2D eigenvalue weighted by Crippen LogP contribution is 2.27. The van der Waals surface area contributed by atoms with Gasteiger partial charge in [-0.05, 0) is 24.3 Å². The summed E-state index contributed by atoms with van der Waals surface area (Å²) in [5.74, 6) is 0.852. The molecular weight excluding hydrogens is 347 g/mol. The summed E-state index contributed by atoms with van der Waals surface area (Å²) in [6.07, 6.45) is 0. The lowest BCUT2D eigenvalue weighted by Crippen LogP contribution is -2.22. The molecule has 5 nitrogen and oxygen atoms in total. The van der Waals surface area contributed by atoms with E-state index in [1.165, 1.54) is 0 Å². The van der Waals surface area contributed by atoms with Crippen molar-refractivity contribution in [2.75, 3.05) is 12.4 Å². The zero-order chi connectivity index (χ0) is 16.3. The molecule has 8 heteroatoms. The van der Waals surface area contributed by atoms with Crippen molar-refractivity contribution in [1.82, 2.24) is 4.57 Å². The molecule has 22 heavy (non-hydrogen) atoms. The third kappa shape index (κ3) is 3.80. The van der Waals surface area contributed by atoms with Gasteiger partial charge in [-0.3, -0.25) is 0 Å². The number of rotatable bonds is 4. The predicted octanol–water partition coefficient (Wildman–Crippen LogP) is 3.92. The predicted molar refractivity (Wildman–Crippen MR) is 92.4 cm³/mol. The van der Waals surface area contributed by atoms with E-state index >= 15 is 0 Å². The Morgan fingerprint density at radius 3 is 2.55 bits per heavy atom. The Labute approximate surface area is 143 Å². The maximum atomic E-state index is 6.05. The van der Waals surface area contributed by atoms with Crippen molar-refractivity contribution in [3.05, 3.63) is 45.2 Å². The molecule has 0 aliphatic carbocycles. The van der Waals surface area contributed by atoms with Crippen LogP contribution >= 0.6 is 34.8 Å². The Bertz CT molecular complexity index is 712. The summed E-state index contributed by atoms with van der Waals surface area (Å²) in [6, 6.07) is 7.00. The number of nitrogens with zero attached hydrogens (tertiary/aromatic N) is 2. The molecule has 3 N–H and O–H groups in total. The van der Waals surface area contributed by atoms with Crippen LogP contribution in [0, 0.1) is 0 Å². The number of benzene rings is 1. The lowest BCUT2D eigenvalue weighted by molar-refractivity contribution is 0.415. The monoisotopic (exact) mass is 360 g/mol. The maximum absolute atomic E-state index is 6.05. The minimum absolute atomic E-state index is 0.259. The quantitative estimate of drug-likeness (QED) is 0.641. The standard InChI is InChI=1S/C14H15Cl3N4O/c1-21-9(6-11(16)13(21)17)7-19-14(18)20-8-3-4-12(22-2)10(15)5-8/h3-6H,7H2,1-2H3,(H3,18,19,20). The fourth-order valence-electron chi connectivity index (χ4n) is 1.84. The molecule has 0 amide bonds. The number of anilines is 1. The third-order valence-corrected chi connectivity index (χ3v) is 4.19. The Morgan fingerprint density at radius 1 is 1.27 bits per heavy atom. The molecule has 0 bridgehead atoms. The van der Waals surface area contributed by atoms with Crippen LogP contribution in [0.15, 0.2) is 29.3 Å². The lowest BCUT2D eigenvalue weighted by atomic mass is 10.3. The Kier molecular flexibility index (Phi) is 5.45. The van der Waals surface area contributed by atoms with E-state index in [1.807, 2.05) is 7.05 Å². The second-order valence-corrected chi connectivity index (χ2v) is 5.68. The molecule has 2 aromatic rings. The zero-order valence-electron chi connectivity index (χ0n) is 12.0. The molecule has 0 saturated carbocycles. The van der Waals surface area contributed by atoms with E-state index in [0.29, 0.717) is 27.5 Å².